The maximum atomic E-state index is 11.8. The molecule has 2 saturated heterocycles. The zero-order chi connectivity index (χ0) is 10.3. The fourth-order valence-electron chi connectivity index (χ4n) is 2.99. The molecule has 2 aliphatic heterocycles. The number of rotatable bonds is 1. The minimum absolute atomic E-state index is 0.0351. The van der Waals surface area contributed by atoms with Crippen LogP contribution in [0.5, 0.6) is 0 Å². The lowest BCUT2D eigenvalue weighted by molar-refractivity contribution is 0.0561. The molecule has 2 heterocycles. The molecule has 0 aromatic carbocycles. The number of hydrogen-bond donors (Lipinski definition) is 1. The predicted molar refractivity (Wildman–Crippen MR) is 55.7 cm³/mol. The van der Waals surface area contributed by atoms with Crippen LogP contribution >= 0.6 is 0 Å². The van der Waals surface area contributed by atoms with E-state index >= 15 is 0 Å². The monoisotopic (exact) mass is 210 g/mol. The summed E-state index contributed by atoms with van der Waals surface area (Å²) in [5, 5.41) is 3.35. The maximum Gasteiger partial charge on any atom is 0.410 e. The van der Waals surface area contributed by atoms with Gasteiger partial charge in [0.1, 0.15) is 6.61 Å². The Hall–Kier alpha value is -0.770. The van der Waals surface area contributed by atoms with E-state index in [4.69, 9.17) is 4.74 Å². The molecule has 4 nitrogen and oxygen atoms in total. The van der Waals surface area contributed by atoms with Gasteiger partial charge >= 0.3 is 6.09 Å². The molecule has 15 heavy (non-hydrogen) atoms. The molecule has 1 amide bonds. The number of cyclic esters (lactones) is 1. The Labute approximate surface area is 90.0 Å². The smallest absolute Gasteiger partial charge is 0.410 e. The van der Waals surface area contributed by atoms with Gasteiger partial charge in [0, 0.05) is 6.04 Å². The van der Waals surface area contributed by atoms with E-state index in [0.717, 1.165) is 25.9 Å². The molecule has 3 aliphatic rings. The highest BCUT2D eigenvalue weighted by atomic mass is 16.6. The van der Waals surface area contributed by atoms with Crippen LogP contribution in [0.3, 0.4) is 0 Å². The number of amides is 1. The van der Waals surface area contributed by atoms with Crippen molar-refractivity contribution in [3.8, 4) is 0 Å². The number of carbonyl (C=O) groups excluding carboxylic acids is 1. The number of piperidine rings is 1. The highest BCUT2D eigenvalue weighted by molar-refractivity contribution is 5.72. The van der Waals surface area contributed by atoms with Crippen LogP contribution in [0.4, 0.5) is 4.79 Å². The van der Waals surface area contributed by atoms with Crippen LogP contribution in [-0.4, -0.2) is 42.3 Å². The molecule has 84 valence electrons. The standard InChI is InChI=1S/C11H18N2O2/c14-10-13(9-2-1-3-9)11(8-15-10)4-6-12-7-5-11/h9,12H,1-8H2. The summed E-state index contributed by atoms with van der Waals surface area (Å²) in [7, 11) is 0. The molecule has 0 radical (unpaired) electrons. The normalized spacial score (nSPS) is 30.4. The molecule has 1 spiro atoms. The summed E-state index contributed by atoms with van der Waals surface area (Å²) in [6.07, 6.45) is 5.64. The largest absolute Gasteiger partial charge is 0.447 e. The molecule has 0 atom stereocenters. The van der Waals surface area contributed by atoms with Crippen molar-refractivity contribution in [3.63, 3.8) is 0 Å². The SMILES string of the molecule is O=C1OCC2(CCNCC2)N1C1CCC1. The van der Waals surface area contributed by atoms with E-state index in [2.05, 4.69) is 10.2 Å². The summed E-state index contributed by atoms with van der Waals surface area (Å²) >= 11 is 0. The Morgan fingerprint density at radius 2 is 2.07 bits per heavy atom. The molecule has 1 N–H and O–H groups in total. The van der Waals surface area contributed by atoms with Gasteiger partial charge in [-0.15, -0.1) is 0 Å². The van der Waals surface area contributed by atoms with E-state index < -0.39 is 0 Å². The highest BCUT2D eigenvalue weighted by Gasteiger charge is 2.51. The second kappa shape index (κ2) is 3.37. The molecular weight excluding hydrogens is 192 g/mol. The van der Waals surface area contributed by atoms with Crippen molar-refractivity contribution in [2.75, 3.05) is 19.7 Å². The van der Waals surface area contributed by atoms with E-state index in [9.17, 15) is 4.79 Å². The first-order chi connectivity index (χ1) is 7.32. The van der Waals surface area contributed by atoms with Crippen LogP contribution in [-0.2, 0) is 4.74 Å². The fourth-order valence-corrected chi connectivity index (χ4v) is 2.99. The van der Waals surface area contributed by atoms with Gasteiger partial charge in [-0.1, -0.05) is 0 Å². The average Bonchev–Trinajstić information content (AvgIpc) is 2.47. The summed E-state index contributed by atoms with van der Waals surface area (Å²) in [5.41, 5.74) is 0.0351. The number of hydrogen-bond acceptors (Lipinski definition) is 3. The van der Waals surface area contributed by atoms with E-state index in [1.165, 1.54) is 19.3 Å². The first kappa shape index (κ1) is 9.46. The quantitative estimate of drug-likeness (QED) is 0.705. The molecule has 0 aromatic rings. The Balaban J connectivity index is 1.82. The van der Waals surface area contributed by atoms with Crippen molar-refractivity contribution < 1.29 is 9.53 Å². The van der Waals surface area contributed by atoms with Crippen LogP contribution in [0.15, 0.2) is 0 Å². The van der Waals surface area contributed by atoms with Gasteiger partial charge in [0.2, 0.25) is 0 Å². The molecule has 0 unspecified atom stereocenters. The first-order valence-electron chi connectivity index (χ1n) is 5.99. The topological polar surface area (TPSA) is 41.6 Å². The number of nitrogens with zero attached hydrogens (tertiary/aromatic N) is 1. The van der Waals surface area contributed by atoms with Gasteiger partial charge < -0.3 is 10.1 Å². The lowest BCUT2D eigenvalue weighted by Crippen LogP contribution is -2.58. The van der Waals surface area contributed by atoms with Gasteiger partial charge in [0.05, 0.1) is 5.54 Å². The lowest BCUT2D eigenvalue weighted by atomic mass is 9.82. The van der Waals surface area contributed by atoms with E-state index in [0.29, 0.717) is 12.6 Å². The third kappa shape index (κ3) is 1.34. The maximum absolute atomic E-state index is 11.8. The third-order valence-corrected chi connectivity index (χ3v) is 4.15. The molecule has 4 heteroatoms. The van der Waals surface area contributed by atoms with Crippen LogP contribution in [0.25, 0.3) is 0 Å². The Bertz CT molecular complexity index is 270. The van der Waals surface area contributed by atoms with Crippen molar-refractivity contribution in [2.45, 2.75) is 43.7 Å². The molecule has 3 rings (SSSR count). The molecule has 0 bridgehead atoms. The third-order valence-electron chi connectivity index (χ3n) is 4.15. The van der Waals surface area contributed by atoms with Crippen LogP contribution in [0.2, 0.25) is 0 Å². The van der Waals surface area contributed by atoms with Crippen molar-refractivity contribution in [1.82, 2.24) is 10.2 Å². The molecule has 3 fully saturated rings. The Kier molecular flexibility index (Phi) is 2.12. The van der Waals surface area contributed by atoms with Gasteiger partial charge in [-0.05, 0) is 45.2 Å². The van der Waals surface area contributed by atoms with Gasteiger partial charge in [0.15, 0.2) is 0 Å². The molecule has 1 aliphatic carbocycles. The zero-order valence-corrected chi connectivity index (χ0v) is 9.00. The first-order valence-corrected chi connectivity index (χ1v) is 5.99. The summed E-state index contributed by atoms with van der Waals surface area (Å²) < 4.78 is 5.27. The van der Waals surface area contributed by atoms with Crippen LogP contribution in [0.1, 0.15) is 32.1 Å². The van der Waals surface area contributed by atoms with Crippen LogP contribution < -0.4 is 5.32 Å². The van der Waals surface area contributed by atoms with Gasteiger partial charge in [-0.25, -0.2) is 4.79 Å². The predicted octanol–water partition coefficient (Wildman–Crippen LogP) is 1.11. The van der Waals surface area contributed by atoms with Crippen molar-refractivity contribution in [2.24, 2.45) is 0 Å². The van der Waals surface area contributed by atoms with E-state index in [-0.39, 0.29) is 11.6 Å². The minimum Gasteiger partial charge on any atom is -0.447 e. The van der Waals surface area contributed by atoms with Gasteiger partial charge in [-0.2, -0.15) is 0 Å². The van der Waals surface area contributed by atoms with E-state index in [1.807, 2.05) is 0 Å². The summed E-state index contributed by atoms with van der Waals surface area (Å²) in [6.45, 7) is 2.64. The second-order valence-electron chi connectivity index (χ2n) is 4.98. The second-order valence-corrected chi connectivity index (χ2v) is 4.98. The van der Waals surface area contributed by atoms with E-state index in [1.54, 1.807) is 0 Å². The number of nitrogens with one attached hydrogen (secondary N) is 1. The zero-order valence-electron chi connectivity index (χ0n) is 9.00. The Morgan fingerprint density at radius 1 is 1.33 bits per heavy atom. The molecule has 0 aromatic heterocycles. The summed E-state index contributed by atoms with van der Waals surface area (Å²) in [5.74, 6) is 0. The minimum atomic E-state index is -0.0680. The van der Waals surface area contributed by atoms with Gasteiger partial charge in [0.25, 0.3) is 0 Å². The summed E-state index contributed by atoms with van der Waals surface area (Å²) in [4.78, 5) is 13.8. The lowest BCUT2D eigenvalue weighted by Gasteiger charge is -2.45. The number of ether oxygens (including phenoxy) is 1. The Morgan fingerprint density at radius 3 is 2.67 bits per heavy atom. The average molecular weight is 210 g/mol. The molecular formula is C11H18N2O2. The van der Waals surface area contributed by atoms with Crippen molar-refractivity contribution >= 4 is 6.09 Å². The summed E-state index contributed by atoms with van der Waals surface area (Å²) in [6, 6.07) is 0.470. The highest BCUT2D eigenvalue weighted by Crippen LogP contribution is 2.39. The van der Waals surface area contributed by atoms with Crippen molar-refractivity contribution in [1.29, 1.82) is 0 Å². The molecule has 1 saturated carbocycles. The number of carbonyl (C=O) groups is 1. The van der Waals surface area contributed by atoms with Crippen LogP contribution in [0, 0.1) is 0 Å². The van der Waals surface area contributed by atoms with Gasteiger partial charge in [-0.3, -0.25) is 4.90 Å². The van der Waals surface area contributed by atoms with Crippen molar-refractivity contribution in [3.05, 3.63) is 0 Å². The fraction of sp³-hybridized carbons (Fsp3) is 0.909.